The Kier molecular flexibility index (Phi) is 4.80. The summed E-state index contributed by atoms with van der Waals surface area (Å²) in [5, 5.41) is 2.32. The van der Waals surface area contributed by atoms with E-state index in [-0.39, 0.29) is 0 Å². The second-order valence-corrected chi connectivity index (χ2v) is 8.47. The summed E-state index contributed by atoms with van der Waals surface area (Å²) >= 11 is 7.64. The van der Waals surface area contributed by atoms with Gasteiger partial charge in [0, 0.05) is 44.4 Å². The Morgan fingerprint density at radius 3 is 2.58 bits per heavy atom. The third kappa shape index (κ3) is 3.40. The summed E-state index contributed by atoms with van der Waals surface area (Å²) in [4.78, 5) is 14.3. The van der Waals surface area contributed by atoms with Gasteiger partial charge in [-0.15, -0.1) is 0 Å². The maximum atomic E-state index is 11.6. The lowest BCUT2D eigenvalue weighted by Gasteiger charge is -2.06. The van der Waals surface area contributed by atoms with Gasteiger partial charge in [0.25, 0.3) is 0 Å². The number of fused-ring (bicyclic) bond motifs is 1. The summed E-state index contributed by atoms with van der Waals surface area (Å²) < 4.78 is 11.6. The standard InChI is InChI=1S/C19H14ClN3OS2/c1-26(24)16-9-4-12(11-22-16)17-18(15-3-2-10-21-19(15)23-17)25-14-7-5-13(20)6-8-14/h2-11H,1H3,(H,21,23). The number of nitrogens with one attached hydrogen (secondary N) is 1. The number of pyridine rings is 2. The number of hydrogen-bond acceptors (Lipinski definition) is 4. The van der Waals surface area contributed by atoms with Crippen LogP contribution in [0.1, 0.15) is 0 Å². The Hall–Kier alpha value is -2.15. The zero-order valence-corrected chi connectivity index (χ0v) is 16.2. The Bertz CT molecular complexity index is 1090. The highest BCUT2D eigenvalue weighted by Gasteiger charge is 2.16. The Morgan fingerprint density at radius 2 is 1.88 bits per heavy atom. The fourth-order valence-corrected chi connectivity index (χ4v) is 4.27. The molecule has 7 heteroatoms. The molecule has 0 radical (unpaired) electrons. The van der Waals surface area contributed by atoms with Crippen LogP contribution in [0.25, 0.3) is 22.3 Å². The molecule has 0 spiro atoms. The summed E-state index contributed by atoms with van der Waals surface area (Å²) in [5.41, 5.74) is 2.69. The molecule has 1 N–H and O–H groups in total. The van der Waals surface area contributed by atoms with Crippen LogP contribution < -0.4 is 0 Å². The molecule has 0 saturated heterocycles. The molecule has 0 aliphatic carbocycles. The molecule has 3 heterocycles. The molecule has 4 rings (SSSR count). The van der Waals surface area contributed by atoms with Gasteiger partial charge in [0.15, 0.2) is 0 Å². The van der Waals surface area contributed by atoms with Gasteiger partial charge in [-0.1, -0.05) is 23.4 Å². The summed E-state index contributed by atoms with van der Waals surface area (Å²) in [6.45, 7) is 0. The van der Waals surface area contributed by atoms with Gasteiger partial charge in [0.05, 0.1) is 16.5 Å². The van der Waals surface area contributed by atoms with Crippen molar-refractivity contribution in [3.8, 4) is 11.3 Å². The molecule has 26 heavy (non-hydrogen) atoms. The minimum Gasteiger partial charge on any atom is -0.338 e. The molecule has 4 nitrogen and oxygen atoms in total. The molecule has 1 unspecified atom stereocenters. The average Bonchev–Trinajstić information content (AvgIpc) is 3.02. The van der Waals surface area contributed by atoms with E-state index in [1.807, 2.05) is 42.5 Å². The van der Waals surface area contributed by atoms with E-state index in [1.165, 1.54) is 0 Å². The second-order valence-electron chi connectivity index (χ2n) is 5.62. The van der Waals surface area contributed by atoms with Gasteiger partial charge in [-0.25, -0.2) is 9.97 Å². The molecule has 130 valence electrons. The zero-order valence-electron chi connectivity index (χ0n) is 13.8. The highest BCUT2D eigenvalue weighted by molar-refractivity contribution is 7.99. The highest BCUT2D eigenvalue weighted by atomic mass is 35.5. The summed E-state index contributed by atoms with van der Waals surface area (Å²) in [5.74, 6) is 0. The molecule has 0 saturated carbocycles. The number of aromatic amines is 1. The Labute approximate surface area is 162 Å². The van der Waals surface area contributed by atoms with E-state index >= 15 is 0 Å². The molecule has 0 aliphatic heterocycles. The molecular formula is C19H14ClN3OS2. The van der Waals surface area contributed by atoms with Crippen molar-refractivity contribution < 1.29 is 4.21 Å². The van der Waals surface area contributed by atoms with Crippen molar-refractivity contribution in [1.29, 1.82) is 0 Å². The van der Waals surface area contributed by atoms with Crippen molar-refractivity contribution in [3.63, 3.8) is 0 Å². The molecule has 0 amide bonds. The minimum atomic E-state index is -1.10. The molecule has 3 aromatic heterocycles. The molecule has 0 bridgehead atoms. The van der Waals surface area contributed by atoms with Crippen LogP contribution in [0, 0.1) is 0 Å². The van der Waals surface area contributed by atoms with Crippen molar-refractivity contribution in [3.05, 3.63) is 65.9 Å². The highest BCUT2D eigenvalue weighted by Crippen LogP contribution is 2.40. The first kappa shape index (κ1) is 17.3. The van der Waals surface area contributed by atoms with Crippen LogP contribution in [-0.4, -0.2) is 25.4 Å². The van der Waals surface area contributed by atoms with Gasteiger partial charge in [0.1, 0.15) is 10.7 Å². The van der Waals surface area contributed by atoms with Crippen LogP contribution in [0.15, 0.2) is 75.7 Å². The van der Waals surface area contributed by atoms with Gasteiger partial charge in [-0.2, -0.15) is 0 Å². The fourth-order valence-electron chi connectivity index (χ4n) is 2.63. The van der Waals surface area contributed by atoms with Crippen LogP contribution in [0.5, 0.6) is 0 Å². The van der Waals surface area contributed by atoms with E-state index in [0.717, 1.165) is 32.1 Å². The Morgan fingerprint density at radius 1 is 1.08 bits per heavy atom. The molecular weight excluding hydrogens is 386 g/mol. The summed E-state index contributed by atoms with van der Waals surface area (Å²) in [6.07, 6.45) is 5.13. The van der Waals surface area contributed by atoms with Crippen LogP contribution in [-0.2, 0) is 10.8 Å². The molecule has 0 aliphatic rings. The predicted molar refractivity (Wildman–Crippen MR) is 107 cm³/mol. The first-order valence-electron chi connectivity index (χ1n) is 7.82. The van der Waals surface area contributed by atoms with E-state index in [0.29, 0.717) is 10.0 Å². The maximum Gasteiger partial charge on any atom is 0.138 e. The van der Waals surface area contributed by atoms with Crippen molar-refractivity contribution in [2.75, 3.05) is 6.26 Å². The van der Waals surface area contributed by atoms with Crippen LogP contribution in [0.2, 0.25) is 5.02 Å². The van der Waals surface area contributed by atoms with Gasteiger partial charge in [-0.3, -0.25) is 4.21 Å². The van der Waals surface area contributed by atoms with Crippen molar-refractivity contribution in [2.45, 2.75) is 14.8 Å². The lowest BCUT2D eigenvalue weighted by Crippen LogP contribution is -1.92. The number of hydrogen-bond donors (Lipinski definition) is 1. The van der Waals surface area contributed by atoms with Gasteiger partial charge in [-0.05, 0) is 48.5 Å². The van der Waals surface area contributed by atoms with Crippen molar-refractivity contribution >= 4 is 45.2 Å². The van der Waals surface area contributed by atoms with Gasteiger partial charge in [0.2, 0.25) is 0 Å². The van der Waals surface area contributed by atoms with Crippen LogP contribution in [0.3, 0.4) is 0 Å². The first-order valence-corrected chi connectivity index (χ1v) is 10.6. The third-order valence-electron chi connectivity index (χ3n) is 3.88. The van der Waals surface area contributed by atoms with Crippen LogP contribution in [0.4, 0.5) is 0 Å². The normalized spacial score (nSPS) is 12.4. The number of nitrogens with zero attached hydrogens (tertiary/aromatic N) is 2. The topological polar surface area (TPSA) is 58.6 Å². The van der Waals surface area contributed by atoms with Gasteiger partial charge >= 0.3 is 0 Å². The smallest absolute Gasteiger partial charge is 0.138 e. The summed E-state index contributed by atoms with van der Waals surface area (Å²) in [7, 11) is -1.10. The van der Waals surface area contributed by atoms with E-state index < -0.39 is 10.8 Å². The monoisotopic (exact) mass is 399 g/mol. The third-order valence-corrected chi connectivity index (χ3v) is 6.09. The SMILES string of the molecule is CS(=O)c1ccc(-c2[nH]c3ncccc3c2Sc2ccc(Cl)cc2)cn1. The molecule has 0 fully saturated rings. The predicted octanol–water partition coefficient (Wildman–Crippen LogP) is 5.17. The zero-order chi connectivity index (χ0) is 18.1. The number of halogens is 1. The number of rotatable bonds is 4. The van der Waals surface area contributed by atoms with E-state index in [1.54, 1.807) is 36.5 Å². The Balaban J connectivity index is 1.83. The molecule has 1 aromatic carbocycles. The van der Waals surface area contributed by atoms with E-state index in [4.69, 9.17) is 11.6 Å². The fraction of sp³-hybridized carbons (Fsp3) is 0.0526. The first-order chi connectivity index (χ1) is 12.6. The molecule has 4 aromatic rings. The average molecular weight is 400 g/mol. The van der Waals surface area contributed by atoms with E-state index in [9.17, 15) is 4.21 Å². The quantitative estimate of drug-likeness (QED) is 0.514. The number of H-pyrrole nitrogens is 1. The lowest BCUT2D eigenvalue weighted by molar-refractivity contribution is 0.684. The largest absolute Gasteiger partial charge is 0.338 e. The summed E-state index contributed by atoms with van der Waals surface area (Å²) in [6, 6.07) is 15.4. The lowest BCUT2D eigenvalue weighted by atomic mass is 10.2. The number of benzene rings is 1. The van der Waals surface area contributed by atoms with E-state index in [2.05, 4.69) is 15.0 Å². The second kappa shape index (κ2) is 7.23. The number of aromatic nitrogens is 3. The minimum absolute atomic E-state index is 0.565. The molecule has 1 atom stereocenters. The van der Waals surface area contributed by atoms with Crippen molar-refractivity contribution in [1.82, 2.24) is 15.0 Å². The van der Waals surface area contributed by atoms with Gasteiger partial charge < -0.3 is 4.98 Å². The van der Waals surface area contributed by atoms with Crippen LogP contribution >= 0.6 is 23.4 Å². The maximum absolute atomic E-state index is 11.6. The van der Waals surface area contributed by atoms with Crippen molar-refractivity contribution in [2.24, 2.45) is 0 Å².